The Morgan fingerprint density at radius 1 is 1.26 bits per heavy atom. The van der Waals surface area contributed by atoms with Gasteiger partial charge in [-0.2, -0.15) is 0 Å². The molecule has 0 unspecified atom stereocenters. The maximum atomic E-state index is 10.8. The van der Waals surface area contributed by atoms with E-state index in [1.54, 1.807) is 11.3 Å². The lowest BCUT2D eigenvalue weighted by Gasteiger charge is -1.99. The lowest BCUT2D eigenvalue weighted by atomic mass is 10.1. The molecule has 96 valence electrons. The van der Waals surface area contributed by atoms with Crippen LogP contribution in [0.15, 0.2) is 42.5 Å². The highest BCUT2D eigenvalue weighted by Gasteiger charge is 2.01. The van der Waals surface area contributed by atoms with Gasteiger partial charge in [0.05, 0.1) is 4.88 Å². The summed E-state index contributed by atoms with van der Waals surface area (Å²) >= 11 is 1.56. The number of thiophene rings is 1. The van der Waals surface area contributed by atoms with Crippen molar-refractivity contribution in [2.24, 2.45) is 0 Å². The highest BCUT2D eigenvalue weighted by atomic mass is 32.1. The highest BCUT2D eigenvalue weighted by molar-refractivity contribution is 7.12. The van der Waals surface area contributed by atoms with Crippen molar-refractivity contribution in [2.75, 3.05) is 0 Å². The minimum absolute atomic E-state index is 0.399. The average molecular weight is 271 g/mol. The summed E-state index contributed by atoms with van der Waals surface area (Å²) in [5.74, 6) is 2.26. The van der Waals surface area contributed by atoms with Crippen LogP contribution in [0.1, 0.15) is 22.2 Å². The van der Waals surface area contributed by atoms with Crippen LogP contribution in [0, 0.1) is 12.0 Å². The predicted octanol–water partition coefficient (Wildman–Crippen LogP) is 2.89. The zero-order chi connectivity index (χ0) is 13.7. The van der Waals surface area contributed by atoms with Crippen LogP contribution in [0.2, 0.25) is 0 Å². The third-order valence-corrected chi connectivity index (χ3v) is 3.47. The molecule has 1 aromatic carbocycles. The van der Waals surface area contributed by atoms with Gasteiger partial charge in [0.15, 0.2) is 0 Å². The first-order chi connectivity index (χ1) is 9.15. The fraction of sp³-hybridized carbons (Fsp3) is 0.133. The van der Waals surface area contributed by atoms with Gasteiger partial charge in [0.25, 0.3) is 5.91 Å². The standard InChI is InChI=1S/C15H13NO2S/c1-12(17)16(18)10-9-14-7-8-15(19-14)11-13-5-3-2-4-6-13/h2-8,18H,11H2,1H3. The van der Waals surface area contributed by atoms with Gasteiger partial charge in [-0.05, 0) is 23.6 Å². The van der Waals surface area contributed by atoms with Crippen molar-refractivity contribution in [3.05, 3.63) is 57.8 Å². The van der Waals surface area contributed by atoms with Gasteiger partial charge in [-0.1, -0.05) is 30.3 Å². The summed E-state index contributed by atoms with van der Waals surface area (Å²) in [6.45, 7) is 1.25. The Balaban J connectivity index is 2.05. The normalized spacial score (nSPS) is 9.58. The van der Waals surface area contributed by atoms with Gasteiger partial charge < -0.3 is 0 Å². The molecule has 0 saturated carbocycles. The van der Waals surface area contributed by atoms with E-state index in [0.29, 0.717) is 5.06 Å². The van der Waals surface area contributed by atoms with Crippen LogP contribution >= 0.6 is 11.3 Å². The Kier molecular flexibility index (Phi) is 4.35. The van der Waals surface area contributed by atoms with E-state index >= 15 is 0 Å². The van der Waals surface area contributed by atoms with E-state index in [0.717, 1.165) is 11.3 Å². The lowest BCUT2D eigenvalue weighted by molar-refractivity contribution is -0.149. The second-order valence-corrected chi connectivity index (χ2v) is 5.16. The summed E-state index contributed by atoms with van der Waals surface area (Å²) < 4.78 is 0. The summed E-state index contributed by atoms with van der Waals surface area (Å²) in [6.07, 6.45) is 0.864. The molecule has 0 saturated heterocycles. The quantitative estimate of drug-likeness (QED) is 0.395. The molecule has 0 bridgehead atoms. The number of benzene rings is 1. The fourth-order valence-electron chi connectivity index (χ4n) is 1.52. The van der Waals surface area contributed by atoms with E-state index in [2.05, 4.69) is 24.1 Å². The first-order valence-corrected chi connectivity index (χ1v) is 6.60. The molecule has 0 atom stereocenters. The van der Waals surface area contributed by atoms with Gasteiger partial charge in [0, 0.05) is 24.3 Å². The van der Waals surface area contributed by atoms with E-state index in [4.69, 9.17) is 5.21 Å². The molecule has 0 radical (unpaired) electrons. The van der Waals surface area contributed by atoms with Gasteiger partial charge in [0.1, 0.15) is 0 Å². The molecule has 1 aromatic heterocycles. The summed E-state index contributed by atoms with van der Waals surface area (Å²) in [5.41, 5.74) is 1.25. The molecule has 1 heterocycles. The third kappa shape index (κ3) is 3.95. The maximum absolute atomic E-state index is 10.8. The van der Waals surface area contributed by atoms with Crippen LogP contribution in [0.3, 0.4) is 0 Å². The van der Waals surface area contributed by atoms with Gasteiger partial charge in [-0.3, -0.25) is 10.0 Å². The van der Waals surface area contributed by atoms with Gasteiger partial charge in [-0.15, -0.1) is 16.4 Å². The molecule has 4 heteroatoms. The van der Waals surface area contributed by atoms with E-state index in [1.807, 2.05) is 30.3 Å². The second kappa shape index (κ2) is 6.19. The Labute approximate surface area is 116 Å². The first kappa shape index (κ1) is 13.3. The Morgan fingerprint density at radius 3 is 2.68 bits per heavy atom. The topological polar surface area (TPSA) is 40.5 Å². The molecular formula is C15H13NO2S. The molecule has 0 spiro atoms. The van der Waals surface area contributed by atoms with E-state index in [-0.39, 0.29) is 0 Å². The van der Waals surface area contributed by atoms with Crippen molar-refractivity contribution in [3.8, 4) is 12.0 Å². The zero-order valence-corrected chi connectivity index (χ0v) is 11.3. The lowest BCUT2D eigenvalue weighted by Crippen LogP contribution is -2.18. The zero-order valence-electron chi connectivity index (χ0n) is 10.5. The monoisotopic (exact) mass is 271 g/mol. The van der Waals surface area contributed by atoms with Crippen LogP contribution in [0.25, 0.3) is 0 Å². The van der Waals surface area contributed by atoms with Crippen LogP contribution in [0.4, 0.5) is 0 Å². The second-order valence-electron chi connectivity index (χ2n) is 4.00. The molecule has 3 nitrogen and oxygen atoms in total. The molecule has 0 fully saturated rings. The van der Waals surface area contributed by atoms with Crippen molar-refractivity contribution >= 4 is 17.2 Å². The number of amides is 1. The smallest absolute Gasteiger partial charge is 0.255 e. The van der Waals surface area contributed by atoms with Crippen molar-refractivity contribution < 1.29 is 10.0 Å². The summed E-state index contributed by atoms with van der Waals surface area (Å²) in [4.78, 5) is 12.8. The molecule has 19 heavy (non-hydrogen) atoms. The third-order valence-electron chi connectivity index (χ3n) is 2.47. The predicted molar refractivity (Wildman–Crippen MR) is 74.8 cm³/mol. The molecule has 1 N–H and O–H groups in total. The first-order valence-electron chi connectivity index (χ1n) is 5.79. The van der Waals surface area contributed by atoms with Crippen LogP contribution in [-0.2, 0) is 11.2 Å². The Morgan fingerprint density at radius 2 is 2.00 bits per heavy atom. The molecule has 0 aliphatic heterocycles. The molecule has 1 amide bonds. The number of rotatable bonds is 2. The van der Waals surface area contributed by atoms with Crippen molar-refractivity contribution in [3.63, 3.8) is 0 Å². The largest absolute Gasteiger partial charge is 0.273 e. The van der Waals surface area contributed by atoms with Gasteiger partial charge in [-0.25, -0.2) is 0 Å². The summed E-state index contributed by atoms with van der Waals surface area (Å²) in [5, 5.41) is 9.54. The average Bonchev–Trinajstić information content (AvgIpc) is 2.84. The van der Waals surface area contributed by atoms with Crippen molar-refractivity contribution in [1.29, 1.82) is 0 Å². The number of hydrogen-bond acceptors (Lipinski definition) is 3. The highest BCUT2D eigenvalue weighted by Crippen LogP contribution is 2.19. The molecular weight excluding hydrogens is 258 g/mol. The minimum atomic E-state index is -0.492. The van der Waals surface area contributed by atoms with Crippen LogP contribution in [0.5, 0.6) is 0 Å². The summed E-state index contributed by atoms with van der Waals surface area (Å²) in [6, 6.07) is 16.5. The molecule has 0 aliphatic rings. The minimum Gasteiger partial charge on any atom is -0.273 e. The van der Waals surface area contributed by atoms with E-state index in [1.165, 1.54) is 17.4 Å². The van der Waals surface area contributed by atoms with Crippen LogP contribution < -0.4 is 0 Å². The van der Waals surface area contributed by atoms with Gasteiger partial charge >= 0.3 is 0 Å². The van der Waals surface area contributed by atoms with Gasteiger partial charge in [0.2, 0.25) is 0 Å². The SMILES string of the molecule is CC(=O)N(O)C#Cc1ccc(Cc2ccccc2)s1. The van der Waals surface area contributed by atoms with Crippen LogP contribution in [-0.4, -0.2) is 16.2 Å². The van der Waals surface area contributed by atoms with Crippen molar-refractivity contribution in [1.82, 2.24) is 5.06 Å². The molecule has 2 rings (SSSR count). The summed E-state index contributed by atoms with van der Waals surface area (Å²) in [7, 11) is 0. The number of hydrogen-bond donors (Lipinski definition) is 1. The Hall–Kier alpha value is -2.09. The number of carbonyl (C=O) groups excluding carboxylic acids is 1. The number of hydroxylamine groups is 2. The number of nitrogens with zero attached hydrogens (tertiary/aromatic N) is 1. The van der Waals surface area contributed by atoms with E-state index in [9.17, 15) is 4.79 Å². The molecule has 0 aliphatic carbocycles. The Bertz CT molecular complexity index is 622. The number of carbonyl (C=O) groups is 1. The van der Waals surface area contributed by atoms with Crippen molar-refractivity contribution in [2.45, 2.75) is 13.3 Å². The fourth-order valence-corrected chi connectivity index (χ4v) is 2.41. The molecule has 2 aromatic rings. The maximum Gasteiger partial charge on any atom is 0.255 e. The van der Waals surface area contributed by atoms with E-state index < -0.39 is 5.91 Å².